The SMILES string of the molecule is [CH]CCN1/C2=C\C=C3/CCCC(=C3Oc3ccc(C(=O)ON4C(=O)CCC4=O)cc3)/C=C/C3=[N+](CCCCCC(=O)NCCNC(=O)CCCCCC2(C)c2cc(S(=O)(=O)O)ccc21)c1ccc(C)cc1C3(C)C. The van der Waals surface area contributed by atoms with Crippen molar-refractivity contribution in [2.24, 2.45) is 0 Å². The van der Waals surface area contributed by atoms with Crippen LogP contribution in [0.1, 0.15) is 144 Å². The van der Waals surface area contributed by atoms with E-state index in [1.807, 2.05) is 0 Å². The first-order valence-corrected chi connectivity index (χ1v) is 27.4. The molecule has 3 aromatic rings. The molecule has 1 aliphatic carbocycles. The van der Waals surface area contributed by atoms with Crippen molar-refractivity contribution in [1.29, 1.82) is 0 Å². The van der Waals surface area contributed by atoms with E-state index in [0.29, 0.717) is 87.6 Å². The van der Waals surface area contributed by atoms with E-state index in [9.17, 15) is 36.9 Å². The fourth-order valence-electron chi connectivity index (χ4n) is 10.9. The molecule has 0 spiro atoms. The van der Waals surface area contributed by atoms with Gasteiger partial charge in [0.25, 0.3) is 21.9 Å². The van der Waals surface area contributed by atoms with E-state index in [1.165, 1.54) is 29.3 Å². The number of anilines is 1. The lowest BCUT2D eigenvalue weighted by molar-refractivity contribution is -0.438. The Kier molecular flexibility index (Phi) is 16.6. The number of nitrogens with one attached hydrogen (secondary N) is 2. The molecule has 3 N–H and O–H groups in total. The molecule has 4 aliphatic heterocycles. The summed E-state index contributed by atoms with van der Waals surface area (Å²) in [5.74, 6) is -1.06. The second-order valence-electron chi connectivity index (χ2n) is 20.6. The van der Waals surface area contributed by atoms with Crippen LogP contribution < -0.4 is 20.3 Å². The van der Waals surface area contributed by atoms with E-state index in [0.717, 1.165) is 78.1 Å². The van der Waals surface area contributed by atoms with Gasteiger partial charge < -0.3 is 25.1 Å². The Bertz CT molecular complexity index is 2970. The molecular formula is C58H68N5O10S+. The standard InChI is InChI=1S/C58H67N5O10S/c1-6-35-61-48-27-25-44(74(69,70)71)38-46(48)58(5)32-11-7-9-16-51(64)59-33-34-60-52(65)17-10-8-12-36-62-47-26-18-39(2)37-45(47)57(3,4)49(62)28-21-40-14-13-15-41(22-29-50(58)61)55(40)72-43-23-19-42(20-24-43)56(68)73-63-53(66)30-31-54(63)67/h1,18-29,37-38H,6-17,30-36H2,2-5H3,(H2-,59,60,64,65,69,70,71)/p+1. The summed E-state index contributed by atoms with van der Waals surface area (Å²) >= 11 is 0. The highest BCUT2D eigenvalue weighted by molar-refractivity contribution is 7.85. The zero-order valence-electron chi connectivity index (χ0n) is 43.0. The van der Waals surface area contributed by atoms with E-state index in [1.54, 1.807) is 24.3 Å². The van der Waals surface area contributed by atoms with Gasteiger partial charge in [0.05, 0.1) is 15.9 Å². The predicted octanol–water partition coefficient (Wildman–Crippen LogP) is 9.36. The van der Waals surface area contributed by atoms with Crippen LogP contribution in [-0.4, -0.2) is 84.1 Å². The summed E-state index contributed by atoms with van der Waals surface area (Å²) in [4.78, 5) is 70.3. The first kappa shape index (κ1) is 53.6. The highest BCUT2D eigenvalue weighted by Crippen LogP contribution is 2.52. The number of carbonyl (C=O) groups is 5. The van der Waals surface area contributed by atoms with Crippen molar-refractivity contribution in [1.82, 2.24) is 15.7 Å². The molecule has 8 rings (SSSR count). The summed E-state index contributed by atoms with van der Waals surface area (Å²) in [7, 11) is -4.54. The summed E-state index contributed by atoms with van der Waals surface area (Å²) in [5.41, 5.74) is 7.97. The van der Waals surface area contributed by atoms with Gasteiger partial charge in [-0.1, -0.05) is 30.5 Å². The molecule has 74 heavy (non-hydrogen) atoms. The number of rotatable bonds is 7. The number of fused-ring (bicyclic) bond motifs is 6. The van der Waals surface area contributed by atoms with Crippen molar-refractivity contribution < 1.29 is 51.1 Å². The minimum atomic E-state index is -4.54. The quantitative estimate of drug-likeness (QED) is 0.116. The van der Waals surface area contributed by atoms with Crippen LogP contribution in [0.5, 0.6) is 5.75 Å². The van der Waals surface area contributed by atoms with Gasteiger partial charge in [-0.25, -0.2) is 4.79 Å². The molecule has 1 unspecified atom stereocenters. The predicted molar refractivity (Wildman–Crippen MR) is 281 cm³/mol. The zero-order valence-corrected chi connectivity index (χ0v) is 43.8. The maximum Gasteiger partial charge on any atom is 0.363 e. The molecule has 15 nitrogen and oxygen atoms in total. The first-order valence-electron chi connectivity index (χ1n) is 26.0. The molecule has 3 aromatic carbocycles. The monoisotopic (exact) mass is 1030 g/mol. The molecule has 1 saturated heterocycles. The van der Waals surface area contributed by atoms with Crippen molar-refractivity contribution in [2.75, 3.05) is 31.1 Å². The second kappa shape index (κ2) is 22.9. The minimum Gasteiger partial charge on any atom is -0.457 e. The van der Waals surface area contributed by atoms with E-state index >= 15 is 0 Å². The van der Waals surface area contributed by atoms with Gasteiger partial charge in [-0.3, -0.25) is 23.7 Å². The van der Waals surface area contributed by atoms with Crippen molar-refractivity contribution >= 4 is 56.8 Å². The van der Waals surface area contributed by atoms with Gasteiger partial charge in [0.1, 0.15) is 18.1 Å². The second-order valence-corrected chi connectivity index (χ2v) is 22.0. The Morgan fingerprint density at radius 1 is 0.770 bits per heavy atom. The maximum absolute atomic E-state index is 13.1. The van der Waals surface area contributed by atoms with Crippen LogP contribution in [0.2, 0.25) is 0 Å². The smallest absolute Gasteiger partial charge is 0.363 e. The largest absolute Gasteiger partial charge is 0.457 e. The molecular weight excluding hydrogens is 959 g/mol. The fourth-order valence-corrected chi connectivity index (χ4v) is 11.4. The van der Waals surface area contributed by atoms with E-state index in [2.05, 4.69) is 90.3 Å². The third-order valence-corrected chi connectivity index (χ3v) is 15.7. The number of aryl methyl sites for hydroxylation is 1. The van der Waals surface area contributed by atoms with Crippen molar-refractivity contribution in [3.63, 3.8) is 0 Å². The number of hydrogen-bond donors (Lipinski definition) is 3. The molecule has 390 valence electrons. The third-order valence-electron chi connectivity index (χ3n) is 14.9. The molecule has 2 bridgehead atoms. The minimum absolute atomic E-state index is 0.0204. The fraction of sp³-hybridized carbons (Fsp3) is 0.431. The van der Waals surface area contributed by atoms with Gasteiger partial charge in [0, 0.05) is 86.2 Å². The average molecular weight is 1030 g/mol. The maximum atomic E-state index is 13.1. The first-order chi connectivity index (χ1) is 35.4. The van der Waals surface area contributed by atoms with Crippen LogP contribution >= 0.6 is 0 Å². The molecule has 4 heterocycles. The number of nitrogens with zero attached hydrogens (tertiary/aromatic N) is 3. The van der Waals surface area contributed by atoms with E-state index < -0.39 is 33.3 Å². The van der Waals surface area contributed by atoms with Crippen molar-refractivity contribution in [3.05, 3.63) is 137 Å². The summed E-state index contributed by atoms with van der Waals surface area (Å²) in [6, 6.07) is 17.6. The highest BCUT2D eigenvalue weighted by Gasteiger charge is 2.45. The van der Waals surface area contributed by atoms with Gasteiger partial charge in [-0.2, -0.15) is 13.0 Å². The van der Waals surface area contributed by atoms with Crippen LogP contribution in [0.3, 0.4) is 0 Å². The third kappa shape index (κ3) is 11.8. The van der Waals surface area contributed by atoms with Gasteiger partial charge in [0.15, 0.2) is 5.71 Å². The van der Waals surface area contributed by atoms with Crippen LogP contribution in [0.4, 0.5) is 11.4 Å². The number of carbonyl (C=O) groups excluding carboxylic acids is 5. The van der Waals surface area contributed by atoms with Gasteiger partial charge in [-0.15, -0.1) is 5.06 Å². The van der Waals surface area contributed by atoms with Crippen molar-refractivity contribution in [2.45, 2.75) is 140 Å². The molecule has 1 fully saturated rings. The number of amides is 4. The van der Waals surface area contributed by atoms with Crippen molar-refractivity contribution in [3.8, 4) is 5.75 Å². The Labute approximate surface area is 435 Å². The summed E-state index contributed by atoms with van der Waals surface area (Å²) in [6.07, 6.45) is 16.7. The van der Waals surface area contributed by atoms with Gasteiger partial charge >= 0.3 is 5.97 Å². The molecule has 0 aromatic heterocycles. The Hall–Kier alpha value is -6.65. The summed E-state index contributed by atoms with van der Waals surface area (Å²) in [5, 5.41) is 6.40. The van der Waals surface area contributed by atoms with Crippen LogP contribution in [-0.2, 0) is 45.0 Å². The summed E-state index contributed by atoms with van der Waals surface area (Å²) in [6.45, 7) is 16.8. The number of ether oxygens (including phenoxy) is 1. The molecule has 16 heteroatoms. The van der Waals surface area contributed by atoms with E-state index in [4.69, 9.17) is 16.5 Å². The van der Waals surface area contributed by atoms with Crippen LogP contribution in [0.25, 0.3) is 0 Å². The lowest BCUT2D eigenvalue weighted by Crippen LogP contribution is -2.34. The average Bonchev–Trinajstić information content (AvgIpc) is 3.88. The van der Waals surface area contributed by atoms with E-state index in [-0.39, 0.29) is 40.5 Å². The summed E-state index contributed by atoms with van der Waals surface area (Å²) < 4.78 is 44.7. The topological polar surface area (TPSA) is 192 Å². The molecule has 0 saturated carbocycles. The highest BCUT2D eigenvalue weighted by atomic mass is 32.2. The molecule has 2 radical (unpaired) electrons. The van der Waals surface area contributed by atoms with Crippen LogP contribution in [0, 0.1) is 13.8 Å². The lowest BCUT2D eigenvalue weighted by Gasteiger charge is -2.31. The Balaban J connectivity index is 1.23. The van der Waals surface area contributed by atoms with Crippen LogP contribution in [0.15, 0.2) is 112 Å². The normalized spacial score (nSPS) is 23.3. The van der Waals surface area contributed by atoms with Gasteiger partial charge in [-0.05, 0) is 163 Å². The molecule has 1 atom stereocenters. The Morgan fingerprint density at radius 3 is 2.14 bits per heavy atom. The number of benzene rings is 3. The zero-order chi connectivity index (χ0) is 52.8. The molecule has 5 aliphatic rings. The number of imide groups is 1. The van der Waals surface area contributed by atoms with Gasteiger partial charge in [0.2, 0.25) is 17.5 Å². The number of hydroxylamine groups is 2. The number of hydrogen-bond acceptors (Lipinski definition) is 10. The molecule has 4 amide bonds. The Morgan fingerprint density at radius 2 is 1.46 bits per heavy atom. The number of allylic oxidation sites excluding steroid dienone is 7. The lowest BCUT2D eigenvalue weighted by atomic mass is 9.77.